The first-order chi connectivity index (χ1) is 13.9. The molecule has 0 spiro atoms. The van der Waals surface area contributed by atoms with Crippen molar-refractivity contribution in [2.75, 3.05) is 26.0 Å². The number of hydrogen-bond donors (Lipinski definition) is 0. The predicted octanol–water partition coefficient (Wildman–Crippen LogP) is 3.31. The largest absolute Gasteiger partial charge is 0.493 e. The van der Waals surface area contributed by atoms with E-state index in [1.807, 2.05) is 11.4 Å². The zero-order chi connectivity index (χ0) is 20.9. The van der Waals surface area contributed by atoms with E-state index in [-0.39, 0.29) is 23.5 Å². The molecule has 9 heteroatoms. The van der Waals surface area contributed by atoms with Gasteiger partial charge in [-0.25, -0.2) is 0 Å². The quantitative estimate of drug-likeness (QED) is 0.558. The third-order valence-electron chi connectivity index (χ3n) is 4.64. The van der Waals surface area contributed by atoms with Crippen molar-refractivity contribution in [1.29, 1.82) is 0 Å². The van der Waals surface area contributed by atoms with Gasteiger partial charge < -0.3 is 18.6 Å². The Balaban J connectivity index is 1.84. The van der Waals surface area contributed by atoms with Crippen molar-refractivity contribution < 1.29 is 26.9 Å². The number of hydrogen-bond acceptors (Lipinski definition) is 7. The van der Waals surface area contributed by atoms with Crippen LogP contribution >= 0.6 is 11.3 Å². The second-order valence-corrected chi connectivity index (χ2v) is 9.52. The Labute approximate surface area is 175 Å². The molecular formula is C20H25NO6S2. The lowest BCUT2D eigenvalue weighted by Crippen LogP contribution is -2.36. The van der Waals surface area contributed by atoms with E-state index in [4.69, 9.17) is 13.7 Å². The molecule has 2 heterocycles. The summed E-state index contributed by atoms with van der Waals surface area (Å²) in [4.78, 5) is 15.4. The molecule has 29 heavy (non-hydrogen) atoms. The zero-order valence-electron chi connectivity index (χ0n) is 16.5. The van der Waals surface area contributed by atoms with Crippen LogP contribution in [0.1, 0.15) is 35.0 Å². The minimum Gasteiger partial charge on any atom is -0.493 e. The predicted molar refractivity (Wildman–Crippen MR) is 111 cm³/mol. The lowest BCUT2D eigenvalue weighted by molar-refractivity contribution is 0.0511. The Kier molecular flexibility index (Phi) is 7.15. The number of carbonyl (C=O) groups excluding carboxylic acids is 1. The second kappa shape index (κ2) is 9.60. The molecule has 2 aromatic rings. The van der Waals surface area contributed by atoms with Crippen LogP contribution in [0.5, 0.6) is 11.5 Å². The van der Waals surface area contributed by atoms with Gasteiger partial charge in [-0.2, -0.15) is 8.42 Å². The van der Waals surface area contributed by atoms with Crippen molar-refractivity contribution in [2.24, 2.45) is 0 Å². The molecule has 1 unspecified atom stereocenters. The zero-order valence-corrected chi connectivity index (χ0v) is 18.1. The van der Waals surface area contributed by atoms with Gasteiger partial charge in [-0.1, -0.05) is 12.1 Å². The number of benzene rings is 1. The minimum atomic E-state index is -3.70. The number of carbonyl (C=O) groups is 1. The molecule has 3 rings (SSSR count). The molecule has 1 aliphatic rings. The molecule has 1 saturated heterocycles. The van der Waals surface area contributed by atoms with E-state index in [1.165, 1.54) is 25.4 Å². The van der Waals surface area contributed by atoms with E-state index >= 15 is 0 Å². The summed E-state index contributed by atoms with van der Waals surface area (Å²) >= 11 is 1.39. The van der Waals surface area contributed by atoms with E-state index < -0.39 is 10.1 Å². The highest BCUT2D eigenvalue weighted by Crippen LogP contribution is 2.30. The van der Waals surface area contributed by atoms with Gasteiger partial charge in [-0.05, 0) is 48.9 Å². The maximum Gasteiger partial charge on any atom is 0.309 e. The van der Waals surface area contributed by atoms with Crippen molar-refractivity contribution in [1.82, 2.24) is 4.90 Å². The topological polar surface area (TPSA) is 82.1 Å². The van der Waals surface area contributed by atoms with E-state index in [0.29, 0.717) is 30.3 Å². The molecule has 158 valence electrons. The first-order valence-corrected chi connectivity index (χ1v) is 11.9. The fourth-order valence-electron chi connectivity index (χ4n) is 3.11. The number of rotatable bonds is 9. The molecule has 0 aliphatic carbocycles. The average molecular weight is 440 g/mol. The Hall–Kier alpha value is -2.10. The molecule has 0 N–H and O–H groups in total. The average Bonchev–Trinajstić information content (AvgIpc) is 3.41. The Bertz CT molecular complexity index is 920. The van der Waals surface area contributed by atoms with Gasteiger partial charge in [-0.15, -0.1) is 11.3 Å². The van der Waals surface area contributed by atoms with Gasteiger partial charge in [0.25, 0.3) is 5.91 Å². The fraction of sp³-hybridized carbons (Fsp3) is 0.450. The monoisotopic (exact) mass is 439 g/mol. The summed E-state index contributed by atoms with van der Waals surface area (Å²) in [6.07, 6.45) is 1.91. The van der Waals surface area contributed by atoms with Crippen LogP contribution in [0.25, 0.3) is 0 Å². The van der Waals surface area contributed by atoms with E-state index in [9.17, 15) is 13.2 Å². The van der Waals surface area contributed by atoms with Crippen LogP contribution in [0.3, 0.4) is 0 Å². The minimum absolute atomic E-state index is 0.00773. The molecule has 0 bridgehead atoms. The van der Waals surface area contributed by atoms with E-state index in [0.717, 1.165) is 18.4 Å². The van der Waals surface area contributed by atoms with Gasteiger partial charge in [0.2, 0.25) is 0 Å². The van der Waals surface area contributed by atoms with Gasteiger partial charge in [0.15, 0.2) is 11.5 Å². The summed E-state index contributed by atoms with van der Waals surface area (Å²) in [6, 6.07) is 8.70. The first kappa shape index (κ1) is 21.6. The van der Waals surface area contributed by atoms with Crippen LogP contribution in [-0.4, -0.2) is 51.3 Å². The number of thiophene rings is 1. The van der Waals surface area contributed by atoms with Crippen LogP contribution in [0.2, 0.25) is 0 Å². The molecule has 1 fully saturated rings. The van der Waals surface area contributed by atoms with Gasteiger partial charge in [0.1, 0.15) is 0 Å². The summed E-state index contributed by atoms with van der Waals surface area (Å²) in [5, 5.41) is 1.87. The van der Waals surface area contributed by atoms with E-state index in [1.54, 1.807) is 29.2 Å². The lowest BCUT2D eigenvalue weighted by atomic mass is 10.1. The first-order valence-electron chi connectivity index (χ1n) is 9.45. The smallest absolute Gasteiger partial charge is 0.309 e. The summed E-state index contributed by atoms with van der Waals surface area (Å²) in [7, 11) is -2.25. The highest BCUT2D eigenvalue weighted by molar-refractivity contribution is 7.87. The summed E-state index contributed by atoms with van der Waals surface area (Å²) in [6.45, 7) is 3.01. The third kappa shape index (κ3) is 5.71. The van der Waals surface area contributed by atoms with Crippen LogP contribution in [0, 0.1) is 0 Å². The highest BCUT2D eigenvalue weighted by atomic mass is 32.2. The molecule has 1 aromatic heterocycles. The lowest BCUT2D eigenvalue weighted by Gasteiger charge is -2.25. The van der Waals surface area contributed by atoms with Crippen molar-refractivity contribution in [3.63, 3.8) is 0 Å². The summed E-state index contributed by atoms with van der Waals surface area (Å²) in [5.74, 6) is 0.214. The van der Waals surface area contributed by atoms with Crippen LogP contribution < -0.4 is 8.92 Å². The van der Waals surface area contributed by atoms with Crippen molar-refractivity contribution in [3.8, 4) is 11.5 Å². The summed E-state index contributed by atoms with van der Waals surface area (Å²) in [5.41, 5.74) is 0.745. The number of amides is 1. The molecular weight excluding hydrogens is 414 g/mol. The van der Waals surface area contributed by atoms with Crippen molar-refractivity contribution >= 4 is 27.4 Å². The highest BCUT2D eigenvalue weighted by Gasteiger charge is 2.25. The van der Waals surface area contributed by atoms with Gasteiger partial charge in [-0.3, -0.25) is 4.79 Å². The Morgan fingerprint density at radius 3 is 2.76 bits per heavy atom. The standard InChI is InChI=1S/C20H25NO6S2/c1-3-29(23,24)27-18-12-15(8-9-17(18)25-2)13-21(14-16-6-4-10-26-16)20(22)19-7-5-11-28-19/h5,7-9,11-12,16H,3-4,6,10,13-14H2,1-2H3. The third-order valence-corrected chi connectivity index (χ3v) is 6.64. The molecule has 1 amide bonds. The van der Waals surface area contributed by atoms with Gasteiger partial charge in [0, 0.05) is 19.7 Å². The molecule has 7 nitrogen and oxygen atoms in total. The van der Waals surface area contributed by atoms with Crippen molar-refractivity contribution in [3.05, 3.63) is 46.2 Å². The molecule has 1 aliphatic heterocycles. The Morgan fingerprint density at radius 2 is 2.14 bits per heavy atom. The maximum absolute atomic E-state index is 13.0. The Morgan fingerprint density at radius 1 is 1.31 bits per heavy atom. The van der Waals surface area contributed by atoms with Crippen LogP contribution in [-0.2, 0) is 21.4 Å². The SMILES string of the molecule is CCS(=O)(=O)Oc1cc(CN(CC2CCCO2)C(=O)c2cccs2)ccc1OC. The number of nitrogens with zero attached hydrogens (tertiary/aromatic N) is 1. The fourth-order valence-corrected chi connectivity index (χ4v) is 4.32. The number of methoxy groups -OCH3 is 1. The maximum atomic E-state index is 13.0. The molecule has 0 radical (unpaired) electrons. The van der Waals surface area contributed by atoms with Gasteiger partial charge >= 0.3 is 10.1 Å². The molecule has 0 saturated carbocycles. The summed E-state index contributed by atoms with van der Waals surface area (Å²) < 4.78 is 39.9. The molecule has 1 atom stereocenters. The van der Waals surface area contributed by atoms with Crippen LogP contribution in [0.15, 0.2) is 35.7 Å². The van der Waals surface area contributed by atoms with Gasteiger partial charge in [0.05, 0.1) is 23.8 Å². The van der Waals surface area contributed by atoms with E-state index in [2.05, 4.69) is 0 Å². The molecule has 1 aromatic carbocycles. The second-order valence-electron chi connectivity index (χ2n) is 6.71. The number of ether oxygens (including phenoxy) is 2. The van der Waals surface area contributed by atoms with Crippen LogP contribution in [0.4, 0.5) is 0 Å². The normalized spacial score (nSPS) is 16.6. The van der Waals surface area contributed by atoms with Crippen molar-refractivity contribution in [2.45, 2.75) is 32.4 Å².